The average Bonchev–Trinajstić information content (AvgIpc) is 2.70. The molecule has 6 heteroatoms. The van der Waals surface area contributed by atoms with Crippen LogP contribution in [0.3, 0.4) is 0 Å². The summed E-state index contributed by atoms with van der Waals surface area (Å²) in [6.45, 7) is 6.83. The zero-order valence-corrected chi connectivity index (χ0v) is 16.4. The SMILES string of the molecule is Cc1ccc(CNC(=O)CN2CCN(C(=O)c3ccc(C)c(F)c3)CC2)cc1. The fourth-order valence-corrected chi connectivity index (χ4v) is 3.18. The highest BCUT2D eigenvalue weighted by molar-refractivity contribution is 5.94. The highest BCUT2D eigenvalue weighted by atomic mass is 19.1. The molecule has 2 aromatic rings. The molecule has 1 aliphatic heterocycles. The first-order chi connectivity index (χ1) is 13.4. The lowest BCUT2D eigenvalue weighted by atomic mass is 10.1. The van der Waals surface area contributed by atoms with Gasteiger partial charge in [-0.1, -0.05) is 35.9 Å². The van der Waals surface area contributed by atoms with Crippen LogP contribution in [0.4, 0.5) is 4.39 Å². The second kappa shape index (κ2) is 8.97. The van der Waals surface area contributed by atoms with Gasteiger partial charge in [-0.3, -0.25) is 14.5 Å². The molecule has 0 unspecified atom stereocenters. The molecule has 0 aromatic heterocycles. The monoisotopic (exact) mass is 383 g/mol. The van der Waals surface area contributed by atoms with Gasteiger partial charge in [0.2, 0.25) is 5.91 Å². The molecule has 28 heavy (non-hydrogen) atoms. The first kappa shape index (κ1) is 20.0. The van der Waals surface area contributed by atoms with Gasteiger partial charge in [0.25, 0.3) is 5.91 Å². The van der Waals surface area contributed by atoms with Crippen molar-refractivity contribution in [2.75, 3.05) is 32.7 Å². The van der Waals surface area contributed by atoms with Crippen LogP contribution in [0.25, 0.3) is 0 Å². The molecule has 0 aliphatic carbocycles. The van der Waals surface area contributed by atoms with E-state index in [1.54, 1.807) is 24.0 Å². The molecule has 3 rings (SSSR count). The van der Waals surface area contributed by atoms with Gasteiger partial charge in [-0.15, -0.1) is 0 Å². The van der Waals surface area contributed by atoms with E-state index in [0.29, 0.717) is 50.4 Å². The molecule has 1 N–H and O–H groups in total. The maximum Gasteiger partial charge on any atom is 0.254 e. The lowest BCUT2D eigenvalue weighted by Gasteiger charge is -2.34. The van der Waals surface area contributed by atoms with E-state index in [1.165, 1.54) is 11.6 Å². The number of nitrogens with zero attached hydrogens (tertiary/aromatic N) is 2. The number of halogens is 1. The Morgan fingerprint density at radius 3 is 2.32 bits per heavy atom. The fraction of sp³-hybridized carbons (Fsp3) is 0.364. The molecule has 1 aliphatic rings. The zero-order chi connectivity index (χ0) is 20.1. The molecular formula is C22H26FN3O2. The van der Waals surface area contributed by atoms with Crippen molar-refractivity contribution in [1.82, 2.24) is 15.1 Å². The highest BCUT2D eigenvalue weighted by Crippen LogP contribution is 2.13. The first-order valence-corrected chi connectivity index (χ1v) is 9.52. The van der Waals surface area contributed by atoms with E-state index >= 15 is 0 Å². The molecule has 0 bridgehead atoms. The van der Waals surface area contributed by atoms with Gasteiger partial charge in [-0.25, -0.2) is 4.39 Å². The number of aryl methyl sites for hydroxylation is 2. The highest BCUT2D eigenvalue weighted by Gasteiger charge is 2.23. The molecule has 5 nitrogen and oxygen atoms in total. The summed E-state index contributed by atoms with van der Waals surface area (Å²) in [5.74, 6) is -0.557. The third kappa shape index (κ3) is 5.16. The van der Waals surface area contributed by atoms with Crippen molar-refractivity contribution in [3.63, 3.8) is 0 Å². The topological polar surface area (TPSA) is 52.7 Å². The molecule has 0 radical (unpaired) electrons. The lowest BCUT2D eigenvalue weighted by Crippen LogP contribution is -2.51. The minimum absolute atomic E-state index is 0.0269. The zero-order valence-electron chi connectivity index (χ0n) is 16.4. The Labute approximate surface area is 165 Å². The Kier molecular flexibility index (Phi) is 6.41. The summed E-state index contributed by atoms with van der Waals surface area (Å²) >= 11 is 0. The largest absolute Gasteiger partial charge is 0.351 e. The van der Waals surface area contributed by atoms with E-state index in [-0.39, 0.29) is 17.6 Å². The van der Waals surface area contributed by atoms with Gasteiger partial charge in [-0.2, -0.15) is 0 Å². The normalized spacial score (nSPS) is 14.8. The van der Waals surface area contributed by atoms with Crippen LogP contribution in [-0.4, -0.2) is 54.3 Å². The number of carbonyl (C=O) groups excluding carboxylic acids is 2. The number of hydrogen-bond acceptors (Lipinski definition) is 3. The van der Waals surface area contributed by atoms with Crippen molar-refractivity contribution in [2.45, 2.75) is 20.4 Å². The third-order valence-corrected chi connectivity index (χ3v) is 5.06. The summed E-state index contributed by atoms with van der Waals surface area (Å²) in [5.41, 5.74) is 3.15. The summed E-state index contributed by atoms with van der Waals surface area (Å²) < 4.78 is 13.7. The molecule has 1 fully saturated rings. The second-order valence-electron chi connectivity index (χ2n) is 7.29. The lowest BCUT2D eigenvalue weighted by molar-refractivity contribution is -0.122. The van der Waals surface area contributed by atoms with Crippen LogP contribution >= 0.6 is 0 Å². The van der Waals surface area contributed by atoms with Gasteiger partial charge < -0.3 is 10.2 Å². The predicted octanol–water partition coefficient (Wildman–Crippen LogP) is 2.52. The van der Waals surface area contributed by atoms with Crippen molar-refractivity contribution < 1.29 is 14.0 Å². The molecule has 0 saturated carbocycles. The number of benzene rings is 2. The molecule has 1 saturated heterocycles. The van der Waals surface area contributed by atoms with E-state index in [2.05, 4.69) is 5.32 Å². The molecule has 2 aromatic carbocycles. The molecule has 148 valence electrons. The van der Waals surface area contributed by atoms with Crippen LogP contribution in [0, 0.1) is 19.7 Å². The minimum Gasteiger partial charge on any atom is -0.351 e. The van der Waals surface area contributed by atoms with Crippen molar-refractivity contribution in [1.29, 1.82) is 0 Å². The minimum atomic E-state index is -0.366. The van der Waals surface area contributed by atoms with Gasteiger partial charge in [0.05, 0.1) is 6.54 Å². The van der Waals surface area contributed by atoms with Crippen LogP contribution in [0.1, 0.15) is 27.0 Å². The van der Waals surface area contributed by atoms with Crippen LogP contribution in [-0.2, 0) is 11.3 Å². The number of nitrogens with one attached hydrogen (secondary N) is 1. The number of hydrogen-bond donors (Lipinski definition) is 1. The summed E-state index contributed by atoms with van der Waals surface area (Å²) in [6.07, 6.45) is 0. The Morgan fingerprint density at radius 2 is 1.68 bits per heavy atom. The molecule has 0 atom stereocenters. The number of carbonyl (C=O) groups is 2. The predicted molar refractivity (Wildman–Crippen MR) is 107 cm³/mol. The maximum absolute atomic E-state index is 13.7. The molecular weight excluding hydrogens is 357 g/mol. The van der Waals surface area contributed by atoms with Gasteiger partial charge in [0, 0.05) is 38.3 Å². The van der Waals surface area contributed by atoms with Gasteiger partial charge in [0.15, 0.2) is 0 Å². The van der Waals surface area contributed by atoms with Gasteiger partial charge in [-0.05, 0) is 37.1 Å². The average molecular weight is 383 g/mol. The quantitative estimate of drug-likeness (QED) is 0.863. The van der Waals surface area contributed by atoms with E-state index in [4.69, 9.17) is 0 Å². The fourth-order valence-electron chi connectivity index (χ4n) is 3.18. The van der Waals surface area contributed by atoms with Crippen LogP contribution in [0.5, 0.6) is 0 Å². The van der Waals surface area contributed by atoms with E-state index in [9.17, 15) is 14.0 Å². The first-order valence-electron chi connectivity index (χ1n) is 9.52. The number of rotatable bonds is 5. The third-order valence-electron chi connectivity index (χ3n) is 5.06. The molecule has 1 heterocycles. The van der Waals surface area contributed by atoms with Crippen LogP contribution < -0.4 is 5.32 Å². The summed E-state index contributed by atoms with van der Waals surface area (Å²) in [6, 6.07) is 12.6. The Hall–Kier alpha value is -2.73. The van der Waals surface area contributed by atoms with E-state index in [0.717, 1.165) is 5.56 Å². The van der Waals surface area contributed by atoms with Crippen molar-refractivity contribution in [2.24, 2.45) is 0 Å². The van der Waals surface area contributed by atoms with Crippen molar-refractivity contribution in [3.05, 3.63) is 70.5 Å². The van der Waals surface area contributed by atoms with Gasteiger partial charge >= 0.3 is 0 Å². The number of amides is 2. The van der Waals surface area contributed by atoms with Crippen LogP contribution in [0.2, 0.25) is 0 Å². The Balaban J connectivity index is 1.44. The van der Waals surface area contributed by atoms with Crippen molar-refractivity contribution >= 4 is 11.8 Å². The van der Waals surface area contributed by atoms with E-state index < -0.39 is 0 Å². The molecule has 2 amide bonds. The van der Waals surface area contributed by atoms with E-state index in [1.807, 2.05) is 36.1 Å². The summed E-state index contributed by atoms with van der Waals surface area (Å²) in [4.78, 5) is 28.5. The second-order valence-corrected chi connectivity index (χ2v) is 7.29. The standard InChI is InChI=1S/C22H26FN3O2/c1-16-3-6-18(7-4-16)14-24-21(27)15-25-9-11-26(12-10-25)22(28)19-8-5-17(2)20(23)13-19/h3-8,13H,9-12,14-15H2,1-2H3,(H,24,27). The Bertz CT molecular complexity index is 843. The summed E-state index contributed by atoms with van der Waals surface area (Å²) in [5, 5.41) is 2.93. The van der Waals surface area contributed by atoms with Gasteiger partial charge in [0.1, 0.15) is 5.82 Å². The maximum atomic E-state index is 13.7. The smallest absolute Gasteiger partial charge is 0.254 e. The summed E-state index contributed by atoms with van der Waals surface area (Å²) in [7, 11) is 0. The molecule has 0 spiro atoms. The van der Waals surface area contributed by atoms with Crippen molar-refractivity contribution in [3.8, 4) is 0 Å². The Morgan fingerprint density at radius 1 is 1.00 bits per heavy atom. The van der Waals surface area contributed by atoms with Crippen LogP contribution in [0.15, 0.2) is 42.5 Å². The number of piperazine rings is 1.